The number of amidine groups is 1. The second-order valence-electron chi connectivity index (χ2n) is 6.61. The van der Waals surface area contributed by atoms with Crippen LogP contribution in [-0.4, -0.2) is 41.7 Å². The summed E-state index contributed by atoms with van der Waals surface area (Å²) in [6.07, 6.45) is 5.60. The molecule has 1 atom stereocenters. The fraction of sp³-hybridized carbons (Fsp3) is 0.500. The molecule has 0 aromatic heterocycles. The molecule has 5 heteroatoms. The summed E-state index contributed by atoms with van der Waals surface area (Å²) in [5.41, 5.74) is 2.27. The average molecular weight is 358 g/mol. The highest BCUT2D eigenvalue weighted by atomic mass is 32.2. The molecule has 2 aliphatic heterocycles. The minimum Gasteiger partial charge on any atom is -0.372 e. The van der Waals surface area contributed by atoms with E-state index in [0.717, 1.165) is 35.3 Å². The van der Waals surface area contributed by atoms with E-state index in [2.05, 4.69) is 59.8 Å². The van der Waals surface area contributed by atoms with Crippen LogP contribution in [0.1, 0.15) is 45.6 Å². The molecule has 0 spiro atoms. The van der Waals surface area contributed by atoms with Crippen LogP contribution in [0.3, 0.4) is 0 Å². The van der Waals surface area contributed by atoms with Crippen molar-refractivity contribution in [3.05, 3.63) is 34.7 Å². The van der Waals surface area contributed by atoms with E-state index in [0.29, 0.717) is 6.04 Å². The van der Waals surface area contributed by atoms with Crippen molar-refractivity contribution in [1.82, 2.24) is 4.90 Å². The Morgan fingerprint density at radius 1 is 1.24 bits per heavy atom. The summed E-state index contributed by atoms with van der Waals surface area (Å²) in [6.45, 7) is 9.54. The molecule has 0 radical (unpaired) electrons. The third kappa shape index (κ3) is 4.09. The van der Waals surface area contributed by atoms with E-state index in [-0.39, 0.29) is 5.91 Å². The van der Waals surface area contributed by atoms with Crippen molar-refractivity contribution in [2.24, 2.45) is 4.99 Å². The van der Waals surface area contributed by atoms with Gasteiger partial charge >= 0.3 is 0 Å². The van der Waals surface area contributed by atoms with E-state index < -0.39 is 0 Å². The fourth-order valence-corrected chi connectivity index (χ4v) is 4.47. The molecule has 0 aliphatic carbocycles. The van der Waals surface area contributed by atoms with Gasteiger partial charge in [-0.1, -0.05) is 12.1 Å². The van der Waals surface area contributed by atoms with Crippen LogP contribution >= 0.6 is 11.8 Å². The number of hydrogen-bond donors (Lipinski definition) is 0. The quantitative estimate of drug-likeness (QED) is 0.749. The van der Waals surface area contributed by atoms with E-state index in [1.807, 2.05) is 6.08 Å². The molecular weight excluding hydrogens is 330 g/mol. The Balaban J connectivity index is 1.71. The molecule has 1 saturated heterocycles. The molecule has 0 unspecified atom stereocenters. The lowest BCUT2D eigenvalue weighted by atomic mass is 10.1. The molecule has 1 aromatic carbocycles. The van der Waals surface area contributed by atoms with Crippen molar-refractivity contribution in [3.8, 4) is 0 Å². The first kappa shape index (κ1) is 18.1. The van der Waals surface area contributed by atoms with Crippen LogP contribution in [0.15, 0.2) is 34.2 Å². The predicted octanol–water partition coefficient (Wildman–Crippen LogP) is 4.38. The first-order valence-corrected chi connectivity index (χ1v) is 10.1. The van der Waals surface area contributed by atoms with Crippen LogP contribution in [0, 0.1) is 0 Å². The van der Waals surface area contributed by atoms with Gasteiger partial charge in [-0.3, -0.25) is 4.79 Å². The number of rotatable bonds is 4. The van der Waals surface area contributed by atoms with E-state index in [9.17, 15) is 4.79 Å². The number of amides is 1. The van der Waals surface area contributed by atoms with Gasteiger partial charge in [-0.25, -0.2) is 0 Å². The largest absolute Gasteiger partial charge is 0.372 e. The SMILES string of the molecule is CCN(CC)c1ccc(/C=C2/SC(N3CCCC[C@@H]3C)=NC2=O)cc1. The first-order valence-electron chi connectivity index (χ1n) is 9.26. The Morgan fingerprint density at radius 2 is 1.96 bits per heavy atom. The molecule has 2 aliphatic rings. The molecule has 2 heterocycles. The van der Waals surface area contributed by atoms with Crippen molar-refractivity contribution in [2.45, 2.75) is 46.1 Å². The topological polar surface area (TPSA) is 35.9 Å². The van der Waals surface area contributed by atoms with E-state index in [1.165, 1.54) is 36.7 Å². The van der Waals surface area contributed by atoms with Crippen LogP contribution in [0.2, 0.25) is 0 Å². The summed E-state index contributed by atoms with van der Waals surface area (Å²) in [5, 5.41) is 0.878. The number of aliphatic imine (C=N–C) groups is 1. The zero-order valence-corrected chi connectivity index (χ0v) is 16.2. The molecule has 0 bridgehead atoms. The van der Waals surface area contributed by atoms with Gasteiger partial charge in [0.2, 0.25) is 0 Å². The van der Waals surface area contributed by atoms with Crippen LogP contribution in [0.5, 0.6) is 0 Å². The Labute approximate surface area is 155 Å². The van der Waals surface area contributed by atoms with Crippen molar-refractivity contribution >= 4 is 34.6 Å². The molecule has 1 fully saturated rings. The number of benzene rings is 1. The maximum atomic E-state index is 12.3. The lowest BCUT2D eigenvalue weighted by Gasteiger charge is -2.34. The standard InChI is InChI=1S/C20H27N3OS/c1-4-22(5-2)17-11-9-16(10-12-17)14-18-19(24)21-20(25-18)23-13-7-6-8-15(23)3/h9-12,14-15H,4-8,13H2,1-3H3/b18-14+/t15-/m0/s1. The molecular formula is C20H27N3OS. The molecule has 1 aromatic rings. The van der Waals surface area contributed by atoms with Gasteiger partial charge in [-0.2, -0.15) is 4.99 Å². The number of nitrogens with zero attached hydrogens (tertiary/aromatic N) is 3. The summed E-state index contributed by atoms with van der Waals surface area (Å²) in [5.74, 6) is -0.106. The molecule has 0 N–H and O–H groups in total. The Morgan fingerprint density at radius 3 is 2.60 bits per heavy atom. The lowest BCUT2D eigenvalue weighted by molar-refractivity contribution is -0.113. The fourth-order valence-electron chi connectivity index (χ4n) is 3.42. The number of anilines is 1. The van der Waals surface area contributed by atoms with Gasteiger partial charge < -0.3 is 9.80 Å². The number of carbonyl (C=O) groups is 1. The van der Waals surface area contributed by atoms with Gasteiger partial charge in [0.15, 0.2) is 5.17 Å². The normalized spacial score (nSPS) is 22.4. The minimum atomic E-state index is -0.106. The summed E-state index contributed by atoms with van der Waals surface area (Å²) < 4.78 is 0. The molecule has 25 heavy (non-hydrogen) atoms. The highest BCUT2D eigenvalue weighted by Gasteiger charge is 2.29. The Hall–Kier alpha value is -1.75. The van der Waals surface area contributed by atoms with Crippen molar-refractivity contribution in [1.29, 1.82) is 0 Å². The van der Waals surface area contributed by atoms with Crippen molar-refractivity contribution in [2.75, 3.05) is 24.5 Å². The molecule has 1 amide bonds. The van der Waals surface area contributed by atoms with Gasteiger partial charge in [-0.05, 0) is 75.6 Å². The third-order valence-electron chi connectivity index (χ3n) is 4.98. The second kappa shape index (κ2) is 8.09. The number of hydrogen-bond acceptors (Lipinski definition) is 4. The summed E-state index contributed by atoms with van der Waals surface area (Å²) >= 11 is 1.52. The average Bonchev–Trinajstić information content (AvgIpc) is 2.98. The predicted molar refractivity (Wildman–Crippen MR) is 108 cm³/mol. The summed E-state index contributed by atoms with van der Waals surface area (Å²) in [7, 11) is 0. The van der Waals surface area contributed by atoms with Crippen LogP contribution in [-0.2, 0) is 4.79 Å². The smallest absolute Gasteiger partial charge is 0.286 e. The van der Waals surface area contributed by atoms with Crippen LogP contribution in [0.4, 0.5) is 5.69 Å². The number of carbonyl (C=O) groups excluding carboxylic acids is 1. The van der Waals surface area contributed by atoms with E-state index in [1.54, 1.807) is 0 Å². The molecule has 4 nitrogen and oxygen atoms in total. The molecule has 134 valence electrons. The van der Waals surface area contributed by atoms with Crippen LogP contribution in [0.25, 0.3) is 6.08 Å². The Kier molecular flexibility index (Phi) is 5.84. The highest BCUT2D eigenvalue weighted by molar-refractivity contribution is 8.18. The number of piperidine rings is 1. The van der Waals surface area contributed by atoms with Gasteiger partial charge in [0.25, 0.3) is 5.91 Å². The Bertz CT molecular complexity index is 677. The summed E-state index contributed by atoms with van der Waals surface area (Å²) in [6, 6.07) is 8.88. The zero-order chi connectivity index (χ0) is 17.8. The molecule has 3 rings (SSSR count). The van der Waals surface area contributed by atoms with Gasteiger partial charge in [0.1, 0.15) is 0 Å². The summed E-state index contributed by atoms with van der Waals surface area (Å²) in [4.78, 5) is 21.9. The first-order chi connectivity index (χ1) is 12.1. The minimum absolute atomic E-state index is 0.106. The van der Waals surface area contributed by atoms with Crippen LogP contribution < -0.4 is 4.90 Å². The number of likely N-dealkylation sites (tertiary alicyclic amines) is 1. The number of thioether (sulfide) groups is 1. The zero-order valence-electron chi connectivity index (χ0n) is 15.4. The monoisotopic (exact) mass is 357 g/mol. The third-order valence-corrected chi connectivity index (χ3v) is 6.00. The van der Waals surface area contributed by atoms with Gasteiger partial charge in [0.05, 0.1) is 4.91 Å². The highest BCUT2D eigenvalue weighted by Crippen LogP contribution is 2.33. The molecule has 0 saturated carbocycles. The van der Waals surface area contributed by atoms with E-state index in [4.69, 9.17) is 0 Å². The van der Waals surface area contributed by atoms with Crippen molar-refractivity contribution < 1.29 is 4.79 Å². The lowest BCUT2D eigenvalue weighted by Crippen LogP contribution is -2.40. The van der Waals surface area contributed by atoms with Gasteiger partial charge in [-0.15, -0.1) is 0 Å². The van der Waals surface area contributed by atoms with Crippen molar-refractivity contribution in [3.63, 3.8) is 0 Å². The van der Waals surface area contributed by atoms with Gasteiger partial charge in [0, 0.05) is 31.4 Å². The maximum Gasteiger partial charge on any atom is 0.286 e. The maximum absolute atomic E-state index is 12.3. The van der Waals surface area contributed by atoms with E-state index >= 15 is 0 Å². The second-order valence-corrected chi connectivity index (χ2v) is 7.62.